The third-order valence-corrected chi connectivity index (χ3v) is 7.04. The summed E-state index contributed by atoms with van der Waals surface area (Å²) >= 11 is 3.25. The van der Waals surface area contributed by atoms with E-state index >= 15 is 0 Å². The molecule has 180 valence electrons. The van der Waals surface area contributed by atoms with Gasteiger partial charge in [0.05, 0.1) is 34.3 Å². The Labute approximate surface area is 209 Å². The van der Waals surface area contributed by atoms with E-state index in [0.717, 1.165) is 58.0 Å². The lowest BCUT2D eigenvalue weighted by molar-refractivity contribution is 0.288. The Kier molecular flexibility index (Phi) is 10.4. The zero-order chi connectivity index (χ0) is 24.2. The first-order chi connectivity index (χ1) is 16.4. The molecular weight excluding hydrogens is 488 g/mol. The second-order valence-electron chi connectivity index (χ2n) is 7.44. The minimum Gasteiger partial charge on any atom is -0.396 e. The average molecular weight is 517 g/mol. The predicted molar refractivity (Wildman–Crippen MR) is 140 cm³/mol. The van der Waals surface area contributed by atoms with Gasteiger partial charge in [-0.25, -0.2) is 9.97 Å². The molecule has 2 aromatic heterocycles. The van der Waals surface area contributed by atoms with Crippen LogP contribution in [0, 0.1) is 0 Å². The smallest absolute Gasteiger partial charge is 0.264 e. The van der Waals surface area contributed by atoms with Crippen molar-refractivity contribution in [1.82, 2.24) is 9.97 Å². The van der Waals surface area contributed by atoms with Crippen molar-refractivity contribution in [3.63, 3.8) is 0 Å². The number of nitrogens with zero attached hydrogens (tertiary/aromatic N) is 2. The number of aryl methyl sites for hydroxylation is 2. The summed E-state index contributed by atoms with van der Waals surface area (Å²) in [5, 5.41) is 14.9. The first-order valence-corrected chi connectivity index (χ1v) is 14.5. The van der Waals surface area contributed by atoms with Crippen LogP contribution in [0.4, 0.5) is 0 Å². The van der Waals surface area contributed by atoms with Crippen LogP contribution in [0.2, 0.25) is 0 Å². The van der Waals surface area contributed by atoms with Crippen molar-refractivity contribution in [3.8, 4) is 22.5 Å². The number of rotatable bonds is 10. The number of aliphatic hydroxyl groups is 1. The maximum atomic E-state index is 10.8. The van der Waals surface area contributed by atoms with Crippen molar-refractivity contribution in [2.45, 2.75) is 25.7 Å². The summed E-state index contributed by atoms with van der Waals surface area (Å²) in [4.78, 5) is 9.05. The van der Waals surface area contributed by atoms with Crippen molar-refractivity contribution in [1.29, 1.82) is 0 Å². The topological polar surface area (TPSA) is 89.4 Å². The van der Waals surface area contributed by atoms with Gasteiger partial charge in [0.2, 0.25) is 0 Å². The van der Waals surface area contributed by atoms with E-state index in [0.29, 0.717) is 6.42 Å². The Morgan fingerprint density at radius 1 is 0.794 bits per heavy atom. The molecule has 0 aliphatic heterocycles. The fraction of sp³-hybridized carbons (Fsp3) is 0.280. The standard InChI is InChI=1S/C13H15NO3S2.C12H13NOS/c1-19(15,16)17-9-5-8-13-14-12(10-18-13)11-6-3-2-4-7-11;14-8-4-7-12-13-11(9-15-12)10-5-2-1-3-6-10/h2-4,6-7,10H,5,8-9H2,1H3;1-3,5-6,9,14H,4,7-8H2. The Hall–Kier alpha value is -2.43. The van der Waals surface area contributed by atoms with Crippen LogP contribution in [0.25, 0.3) is 22.5 Å². The Morgan fingerprint density at radius 2 is 1.26 bits per heavy atom. The number of thiazole rings is 2. The monoisotopic (exact) mass is 516 g/mol. The lowest BCUT2D eigenvalue weighted by atomic mass is 10.2. The summed E-state index contributed by atoms with van der Waals surface area (Å²) in [7, 11) is -3.33. The van der Waals surface area contributed by atoms with Gasteiger partial charge in [-0.3, -0.25) is 4.18 Å². The number of aliphatic hydroxyl groups excluding tert-OH is 1. The van der Waals surface area contributed by atoms with Crippen LogP contribution < -0.4 is 0 Å². The van der Waals surface area contributed by atoms with Gasteiger partial charge in [0, 0.05) is 41.3 Å². The molecule has 0 fully saturated rings. The SMILES string of the molecule is CS(=O)(=O)OCCCc1nc(-c2ccccc2)cs1.OCCCc1nc(-c2ccccc2)cs1. The molecule has 4 rings (SSSR count). The van der Waals surface area contributed by atoms with Gasteiger partial charge in [0.15, 0.2) is 0 Å². The molecule has 34 heavy (non-hydrogen) atoms. The second-order valence-corrected chi connectivity index (χ2v) is 11.0. The lowest BCUT2D eigenvalue weighted by Gasteiger charge is -1.99. The van der Waals surface area contributed by atoms with Gasteiger partial charge >= 0.3 is 0 Å². The molecular formula is C25H28N2O4S3. The summed E-state index contributed by atoms with van der Waals surface area (Å²) in [5.74, 6) is 0. The minimum absolute atomic E-state index is 0.207. The maximum Gasteiger partial charge on any atom is 0.264 e. The van der Waals surface area contributed by atoms with Gasteiger partial charge in [0.1, 0.15) is 0 Å². The second kappa shape index (κ2) is 13.5. The first-order valence-electron chi connectivity index (χ1n) is 10.9. The number of benzene rings is 2. The van der Waals surface area contributed by atoms with E-state index in [9.17, 15) is 8.42 Å². The van der Waals surface area contributed by atoms with Crippen LogP contribution in [-0.4, -0.2) is 43.0 Å². The number of aromatic nitrogens is 2. The van der Waals surface area contributed by atoms with Crippen LogP contribution in [0.5, 0.6) is 0 Å². The van der Waals surface area contributed by atoms with Crippen molar-refractivity contribution >= 4 is 32.8 Å². The van der Waals surface area contributed by atoms with Crippen LogP contribution >= 0.6 is 22.7 Å². The minimum atomic E-state index is -3.33. The largest absolute Gasteiger partial charge is 0.396 e. The third kappa shape index (κ3) is 9.08. The highest BCUT2D eigenvalue weighted by atomic mass is 32.2. The molecule has 0 amide bonds. The van der Waals surface area contributed by atoms with Gasteiger partial charge in [-0.2, -0.15) is 8.42 Å². The van der Waals surface area contributed by atoms with E-state index in [4.69, 9.17) is 9.29 Å². The quantitative estimate of drug-likeness (QED) is 0.223. The van der Waals surface area contributed by atoms with E-state index in [2.05, 4.69) is 27.5 Å². The molecule has 0 spiro atoms. The van der Waals surface area contributed by atoms with Gasteiger partial charge < -0.3 is 5.11 Å². The van der Waals surface area contributed by atoms with Gasteiger partial charge in [-0.05, 0) is 12.8 Å². The number of hydrogen-bond donors (Lipinski definition) is 1. The van der Waals surface area contributed by atoms with E-state index < -0.39 is 10.1 Å². The molecule has 4 aromatic rings. The predicted octanol–water partition coefficient (Wildman–Crippen LogP) is 5.45. The summed E-state index contributed by atoms with van der Waals surface area (Å²) in [6, 6.07) is 20.1. The number of hydrogen-bond acceptors (Lipinski definition) is 8. The zero-order valence-electron chi connectivity index (χ0n) is 19.0. The molecule has 2 aromatic carbocycles. The molecule has 0 bridgehead atoms. The van der Waals surface area contributed by atoms with Gasteiger partial charge in [0.25, 0.3) is 10.1 Å². The Morgan fingerprint density at radius 3 is 1.71 bits per heavy atom. The molecule has 0 aliphatic carbocycles. The highest BCUT2D eigenvalue weighted by Crippen LogP contribution is 2.23. The molecule has 0 radical (unpaired) electrons. The Balaban J connectivity index is 0.000000196. The molecule has 0 unspecified atom stereocenters. The molecule has 1 N–H and O–H groups in total. The van der Waals surface area contributed by atoms with Gasteiger partial charge in [-0.1, -0.05) is 60.7 Å². The van der Waals surface area contributed by atoms with E-state index in [1.807, 2.05) is 53.9 Å². The summed E-state index contributed by atoms with van der Waals surface area (Å²) < 4.78 is 26.3. The molecule has 2 heterocycles. The summed E-state index contributed by atoms with van der Waals surface area (Å²) in [6.45, 7) is 0.444. The van der Waals surface area contributed by atoms with Crippen molar-refractivity contribution in [3.05, 3.63) is 81.4 Å². The first kappa shape index (κ1) is 26.2. The molecule has 9 heteroatoms. The van der Waals surface area contributed by atoms with E-state index in [-0.39, 0.29) is 13.2 Å². The molecule has 0 aliphatic rings. The summed E-state index contributed by atoms with van der Waals surface area (Å²) in [5.41, 5.74) is 4.25. The van der Waals surface area contributed by atoms with Gasteiger partial charge in [-0.15, -0.1) is 22.7 Å². The highest BCUT2D eigenvalue weighted by molar-refractivity contribution is 7.85. The third-order valence-electron chi connectivity index (χ3n) is 4.62. The molecule has 0 saturated carbocycles. The van der Waals surface area contributed by atoms with Crippen molar-refractivity contribution in [2.24, 2.45) is 0 Å². The lowest BCUT2D eigenvalue weighted by Crippen LogP contribution is -2.04. The highest BCUT2D eigenvalue weighted by Gasteiger charge is 2.06. The molecule has 0 atom stereocenters. The zero-order valence-corrected chi connectivity index (χ0v) is 21.4. The van der Waals surface area contributed by atoms with Crippen molar-refractivity contribution in [2.75, 3.05) is 19.5 Å². The molecule has 0 saturated heterocycles. The maximum absolute atomic E-state index is 10.8. The van der Waals surface area contributed by atoms with Crippen molar-refractivity contribution < 1.29 is 17.7 Å². The van der Waals surface area contributed by atoms with E-state index in [1.54, 1.807) is 22.7 Å². The van der Waals surface area contributed by atoms with Crippen LogP contribution in [0.3, 0.4) is 0 Å². The van der Waals surface area contributed by atoms with Crippen LogP contribution in [0.15, 0.2) is 71.4 Å². The fourth-order valence-corrected chi connectivity index (χ4v) is 5.12. The molecule has 6 nitrogen and oxygen atoms in total. The van der Waals surface area contributed by atoms with Crippen LogP contribution in [0.1, 0.15) is 22.9 Å². The average Bonchev–Trinajstić information content (AvgIpc) is 3.52. The van der Waals surface area contributed by atoms with E-state index in [1.165, 1.54) is 0 Å². The summed E-state index contributed by atoms with van der Waals surface area (Å²) in [6.07, 6.45) is 4.10. The van der Waals surface area contributed by atoms with Crippen LogP contribution in [-0.2, 0) is 27.1 Å². The fourth-order valence-electron chi connectivity index (χ4n) is 3.00. The Bertz CT molecular complexity index is 1220. The normalized spacial score (nSPS) is 11.1.